The smallest absolute Gasteiger partial charge is 0.225 e. The Morgan fingerprint density at radius 1 is 0.889 bits per heavy atom. The minimum atomic E-state index is -0.909. The number of rotatable bonds is 7. The molecule has 3 rings (SSSR count). The molecule has 0 fully saturated rings. The lowest BCUT2D eigenvalue weighted by molar-refractivity contribution is -0.116. The van der Waals surface area contributed by atoms with E-state index >= 15 is 0 Å². The van der Waals surface area contributed by atoms with Gasteiger partial charge in [0.25, 0.3) is 0 Å². The molecule has 3 aromatic carbocycles. The molecule has 0 aliphatic rings. The third-order valence-corrected chi connectivity index (χ3v) is 5.11. The zero-order valence-corrected chi connectivity index (χ0v) is 16.1. The molecule has 1 N–H and O–H groups in total. The van der Waals surface area contributed by atoms with Crippen LogP contribution in [0, 0.1) is 0 Å². The maximum Gasteiger partial charge on any atom is 0.225 e. The average molecular weight is 378 g/mol. The van der Waals surface area contributed by atoms with Crippen LogP contribution in [0.1, 0.15) is 29.0 Å². The Morgan fingerprint density at radius 3 is 2.04 bits per heavy atom. The van der Waals surface area contributed by atoms with E-state index in [-0.39, 0.29) is 11.8 Å². The number of hydrogen-bond acceptors (Lipinski definition) is 2. The van der Waals surface area contributed by atoms with E-state index in [2.05, 4.69) is 29.6 Å². The predicted octanol–water partition coefficient (Wildman–Crippen LogP) is 4.73. The molecule has 138 valence electrons. The van der Waals surface area contributed by atoms with Gasteiger partial charge in [0.15, 0.2) is 0 Å². The quantitative estimate of drug-likeness (QED) is 0.647. The first-order chi connectivity index (χ1) is 13.1. The zero-order chi connectivity index (χ0) is 19.1. The van der Waals surface area contributed by atoms with E-state index in [9.17, 15) is 9.00 Å². The molecule has 1 atom stereocenters. The average Bonchev–Trinajstić information content (AvgIpc) is 2.67. The van der Waals surface area contributed by atoms with Gasteiger partial charge in [-0.25, -0.2) is 0 Å². The summed E-state index contributed by atoms with van der Waals surface area (Å²) in [6, 6.07) is 27.7. The van der Waals surface area contributed by atoms with Crippen molar-refractivity contribution in [1.29, 1.82) is 0 Å². The van der Waals surface area contributed by atoms with E-state index in [0.717, 1.165) is 22.4 Å². The molecule has 0 radical (unpaired) electrons. The highest BCUT2D eigenvalue weighted by molar-refractivity contribution is 7.83. The normalized spacial score (nSPS) is 11.9. The van der Waals surface area contributed by atoms with Crippen LogP contribution in [0.3, 0.4) is 0 Å². The first-order valence-electron chi connectivity index (χ1n) is 8.90. The van der Waals surface area contributed by atoms with Gasteiger partial charge in [0, 0.05) is 40.8 Å². The van der Waals surface area contributed by atoms with Crippen LogP contribution in [-0.2, 0) is 21.3 Å². The lowest BCUT2D eigenvalue weighted by atomic mass is 9.88. The molecule has 3 nitrogen and oxygen atoms in total. The fourth-order valence-corrected chi connectivity index (χ4v) is 3.82. The van der Waals surface area contributed by atoms with Crippen molar-refractivity contribution in [3.8, 4) is 0 Å². The monoisotopic (exact) mass is 377 g/mol. The van der Waals surface area contributed by atoms with Crippen LogP contribution >= 0.6 is 0 Å². The van der Waals surface area contributed by atoms with Crippen molar-refractivity contribution in [2.24, 2.45) is 0 Å². The highest BCUT2D eigenvalue weighted by Crippen LogP contribution is 2.28. The van der Waals surface area contributed by atoms with E-state index in [1.165, 1.54) is 0 Å². The number of carbonyl (C=O) groups is 1. The number of carbonyl (C=O) groups excluding carboxylic acids is 1. The topological polar surface area (TPSA) is 46.2 Å². The Labute approximate surface area is 162 Å². The molecule has 0 saturated carbocycles. The minimum absolute atomic E-state index is 0.00118. The third kappa shape index (κ3) is 5.63. The molecular formula is C23H23NO2S. The first-order valence-corrected chi connectivity index (χ1v) is 10.6. The first kappa shape index (κ1) is 19.1. The Balaban J connectivity index is 1.76. The molecular weight excluding hydrogens is 354 g/mol. The van der Waals surface area contributed by atoms with Gasteiger partial charge in [-0.2, -0.15) is 0 Å². The Bertz CT molecular complexity index is 870. The highest BCUT2D eigenvalue weighted by atomic mass is 32.2. The van der Waals surface area contributed by atoms with Gasteiger partial charge < -0.3 is 5.32 Å². The molecule has 1 unspecified atom stereocenters. The van der Waals surface area contributed by atoms with E-state index in [0.29, 0.717) is 12.2 Å². The largest absolute Gasteiger partial charge is 0.326 e. The van der Waals surface area contributed by atoms with Gasteiger partial charge in [0.05, 0.1) is 0 Å². The van der Waals surface area contributed by atoms with Crippen LogP contribution in [0.15, 0.2) is 84.9 Å². The van der Waals surface area contributed by atoms with Crippen molar-refractivity contribution in [1.82, 2.24) is 0 Å². The number of nitrogens with one attached hydrogen (secondary N) is 1. The standard InChI is InChI=1S/C23H23NO2S/c1-27(26)17-18-9-8-14-21(15-18)24-23(25)16-22(19-10-4-2-5-11-19)20-12-6-3-7-13-20/h2-15,22H,16-17H2,1H3,(H,24,25). The van der Waals surface area contributed by atoms with Crippen LogP contribution in [0.5, 0.6) is 0 Å². The van der Waals surface area contributed by atoms with Crippen LogP contribution in [0.2, 0.25) is 0 Å². The summed E-state index contributed by atoms with van der Waals surface area (Å²) in [7, 11) is -0.909. The number of amides is 1. The van der Waals surface area contributed by atoms with Gasteiger partial charge in [-0.1, -0.05) is 72.8 Å². The minimum Gasteiger partial charge on any atom is -0.326 e. The second kappa shape index (κ2) is 9.28. The molecule has 3 aromatic rings. The van der Waals surface area contributed by atoms with E-state index < -0.39 is 10.8 Å². The molecule has 0 heterocycles. The lowest BCUT2D eigenvalue weighted by Gasteiger charge is -2.18. The summed E-state index contributed by atoms with van der Waals surface area (Å²) in [6.45, 7) is 0. The Morgan fingerprint density at radius 2 is 1.48 bits per heavy atom. The second-order valence-corrected chi connectivity index (χ2v) is 7.98. The predicted molar refractivity (Wildman–Crippen MR) is 112 cm³/mol. The van der Waals surface area contributed by atoms with Gasteiger partial charge >= 0.3 is 0 Å². The van der Waals surface area contributed by atoms with Crippen molar-refractivity contribution < 1.29 is 9.00 Å². The van der Waals surface area contributed by atoms with Crippen LogP contribution in [0.25, 0.3) is 0 Å². The molecule has 0 aliphatic carbocycles. The molecule has 0 aliphatic heterocycles. The SMILES string of the molecule is CS(=O)Cc1cccc(NC(=O)CC(c2ccccc2)c2ccccc2)c1. The van der Waals surface area contributed by atoms with Crippen molar-refractivity contribution in [2.45, 2.75) is 18.1 Å². The van der Waals surface area contributed by atoms with Gasteiger partial charge in [0.1, 0.15) is 0 Å². The van der Waals surface area contributed by atoms with Crippen LogP contribution in [-0.4, -0.2) is 16.4 Å². The maximum atomic E-state index is 12.7. The summed E-state index contributed by atoms with van der Waals surface area (Å²) in [4.78, 5) is 12.7. The van der Waals surface area contributed by atoms with Crippen LogP contribution < -0.4 is 5.32 Å². The molecule has 4 heteroatoms. The van der Waals surface area contributed by atoms with Gasteiger partial charge in [-0.3, -0.25) is 9.00 Å². The highest BCUT2D eigenvalue weighted by Gasteiger charge is 2.18. The lowest BCUT2D eigenvalue weighted by Crippen LogP contribution is -2.16. The fraction of sp³-hybridized carbons (Fsp3) is 0.174. The van der Waals surface area contributed by atoms with E-state index in [1.54, 1.807) is 6.26 Å². The zero-order valence-electron chi connectivity index (χ0n) is 15.3. The van der Waals surface area contributed by atoms with Crippen molar-refractivity contribution >= 4 is 22.4 Å². The Kier molecular flexibility index (Phi) is 6.55. The maximum absolute atomic E-state index is 12.7. The van der Waals surface area contributed by atoms with Crippen molar-refractivity contribution in [2.75, 3.05) is 11.6 Å². The molecule has 0 aromatic heterocycles. The summed E-state index contributed by atoms with van der Waals surface area (Å²) in [6.07, 6.45) is 2.04. The van der Waals surface area contributed by atoms with Crippen LogP contribution in [0.4, 0.5) is 5.69 Å². The summed E-state index contributed by atoms with van der Waals surface area (Å²) >= 11 is 0. The molecule has 1 amide bonds. The van der Waals surface area contributed by atoms with E-state index in [1.807, 2.05) is 60.7 Å². The van der Waals surface area contributed by atoms with Gasteiger partial charge in [0.2, 0.25) is 5.91 Å². The molecule has 27 heavy (non-hydrogen) atoms. The number of anilines is 1. The van der Waals surface area contributed by atoms with Gasteiger partial charge in [-0.15, -0.1) is 0 Å². The van der Waals surface area contributed by atoms with Crippen molar-refractivity contribution in [3.05, 3.63) is 102 Å². The fourth-order valence-electron chi connectivity index (χ4n) is 3.17. The van der Waals surface area contributed by atoms with E-state index in [4.69, 9.17) is 0 Å². The molecule has 0 saturated heterocycles. The number of hydrogen-bond donors (Lipinski definition) is 1. The number of benzene rings is 3. The third-order valence-electron chi connectivity index (χ3n) is 4.37. The summed E-state index contributed by atoms with van der Waals surface area (Å²) in [5.74, 6) is 0.446. The summed E-state index contributed by atoms with van der Waals surface area (Å²) in [5.41, 5.74) is 3.93. The Hall–Kier alpha value is -2.72. The second-order valence-electron chi connectivity index (χ2n) is 6.54. The van der Waals surface area contributed by atoms with Crippen molar-refractivity contribution in [3.63, 3.8) is 0 Å². The summed E-state index contributed by atoms with van der Waals surface area (Å²) in [5, 5.41) is 2.99. The molecule has 0 spiro atoms. The van der Waals surface area contributed by atoms with Gasteiger partial charge in [-0.05, 0) is 28.8 Å². The summed E-state index contributed by atoms with van der Waals surface area (Å²) < 4.78 is 11.4. The molecule has 0 bridgehead atoms.